The lowest BCUT2D eigenvalue weighted by atomic mass is 10.0. The van der Waals surface area contributed by atoms with Crippen molar-refractivity contribution in [2.45, 2.75) is 18.1 Å². The van der Waals surface area contributed by atoms with Gasteiger partial charge in [0.05, 0.1) is 13.2 Å². The standard InChI is InChI=1S/C10H10FNO4S/c1-12-17(14,15)9-2-6(3-13)7-4-16-5-8(7)10(9)11/h2-3,12H,4-5H2,1H3. The lowest BCUT2D eigenvalue weighted by Gasteiger charge is -2.09. The quantitative estimate of drug-likeness (QED) is 0.806. The van der Waals surface area contributed by atoms with E-state index in [9.17, 15) is 17.6 Å². The first kappa shape index (κ1) is 12.2. The van der Waals surface area contributed by atoms with Crippen molar-refractivity contribution in [3.05, 3.63) is 28.6 Å². The van der Waals surface area contributed by atoms with Crippen molar-refractivity contribution >= 4 is 16.3 Å². The summed E-state index contributed by atoms with van der Waals surface area (Å²) in [5.41, 5.74) is 0.712. The van der Waals surface area contributed by atoms with Gasteiger partial charge < -0.3 is 4.74 Å². The van der Waals surface area contributed by atoms with Crippen molar-refractivity contribution < 1.29 is 22.3 Å². The van der Waals surface area contributed by atoms with E-state index in [1.165, 1.54) is 7.05 Å². The van der Waals surface area contributed by atoms with Gasteiger partial charge in [-0.2, -0.15) is 0 Å². The summed E-state index contributed by atoms with van der Waals surface area (Å²) in [6, 6.07) is 1.03. The Balaban J connectivity index is 2.76. The van der Waals surface area contributed by atoms with Crippen molar-refractivity contribution in [1.29, 1.82) is 0 Å². The van der Waals surface area contributed by atoms with Crippen molar-refractivity contribution in [3.63, 3.8) is 0 Å². The van der Waals surface area contributed by atoms with Crippen LogP contribution in [0.1, 0.15) is 21.5 Å². The van der Waals surface area contributed by atoms with Gasteiger partial charge in [-0.3, -0.25) is 4.79 Å². The van der Waals surface area contributed by atoms with Crippen LogP contribution in [-0.2, 0) is 28.0 Å². The van der Waals surface area contributed by atoms with Crippen LogP contribution >= 0.6 is 0 Å². The second-order valence-corrected chi connectivity index (χ2v) is 5.41. The van der Waals surface area contributed by atoms with Gasteiger partial charge >= 0.3 is 0 Å². The molecule has 7 heteroatoms. The first-order chi connectivity index (χ1) is 8.01. The Bertz CT molecular complexity index is 582. The summed E-state index contributed by atoms with van der Waals surface area (Å²) in [5, 5.41) is 0. The van der Waals surface area contributed by atoms with Crippen LogP contribution < -0.4 is 4.72 Å². The zero-order valence-corrected chi connectivity index (χ0v) is 9.80. The van der Waals surface area contributed by atoms with Gasteiger partial charge in [0.25, 0.3) is 0 Å². The monoisotopic (exact) mass is 259 g/mol. The van der Waals surface area contributed by atoms with Crippen LogP contribution in [0.5, 0.6) is 0 Å². The summed E-state index contributed by atoms with van der Waals surface area (Å²) < 4.78 is 44.2. The Labute approximate surface area is 97.6 Å². The average Bonchev–Trinajstić information content (AvgIpc) is 2.79. The van der Waals surface area contributed by atoms with E-state index in [-0.39, 0.29) is 24.3 Å². The van der Waals surface area contributed by atoms with Crippen LogP contribution in [0, 0.1) is 5.82 Å². The number of fused-ring (bicyclic) bond motifs is 1. The van der Waals surface area contributed by atoms with E-state index in [4.69, 9.17) is 4.74 Å². The molecule has 1 aromatic rings. The maximum atomic E-state index is 14.0. The molecule has 0 spiro atoms. The normalized spacial score (nSPS) is 14.7. The number of nitrogens with one attached hydrogen (secondary N) is 1. The molecule has 0 atom stereocenters. The second-order valence-electron chi connectivity index (χ2n) is 3.55. The van der Waals surface area contributed by atoms with Crippen molar-refractivity contribution in [2.75, 3.05) is 7.05 Å². The zero-order chi connectivity index (χ0) is 12.6. The summed E-state index contributed by atoms with van der Waals surface area (Å²) in [6.07, 6.45) is 0.502. The molecule has 0 aromatic heterocycles. The fraction of sp³-hybridized carbons (Fsp3) is 0.300. The first-order valence-corrected chi connectivity index (χ1v) is 6.30. The highest BCUT2D eigenvalue weighted by Gasteiger charge is 2.27. The number of aldehydes is 1. The number of halogens is 1. The Morgan fingerprint density at radius 2 is 2.06 bits per heavy atom. The van der Waals surface area contributed by atoms with Crippen LogP contribution in [0.25, 0.3) is 0 Å². The number of benzene rings is 1. The molecule has 1 aliphatic rings. The molecule has 1 aliphatic heterocycles. The molecule has 0 aliphatic carbocycles. The number of sulfonamides is 1. The third kappa shape index (κ3) is 1.86. The molecule has 1 N–H and O–H groups in total. The number of hydrogen-bond acceptors (Lipinski definition) is 4. The van der Waals surface area contributed by atoms with Gasteiger partial charge in [-0.1, -0.05) is 0 Å². The molecule has 2 rings (SSSR count). The SMILES string of the molecule is CNS(=O)(=O)c1cc(C=O)c2c(c1F)COC2. The molecule has 0 amide bonds. The molecule has 5 nitrogen and oxygen atoms in total. The molecular formula is C10H10FNO4S. The third-order valence-electron chi connectivity index (χ3n) is 2.66. The van der Waals surface area contributed by atoms with Crippen LogP contribution in [-0.4, -0.2) is 21.8 Å². The summed E-state index contributed by atoms with van der Waals surface area (Å²) in [6.45, 7) is 0.106. The minimum atomic E-state index is -3.92. The molecular weight excluding hydrogens is 249 g/mol. The van der Waals surface area contributed by atoms with E-state index in [2.05, 4.69) is 0 Å². The van der Waals surface area contributed by atoms with Crippen LogP contribution in [0.3, 0.4) is 0 Å². The highest BCUT2D eigenvalue weighted by atomic mass is 32.2. The molecule has 1 aromatic carbocycles. The molecule has 0 saturated heterocycles. The number of rotatable bonds is 3. The number of carbonyl (C=O) groups excluding carboxylic acids is 1. The van der Waals surface area contributed by atoms with Gasteiger partial charge in [-0.15, -0.1) is 0 Å². The lowest BCUT2D eigenvalue weighted by Crippen LogP contribution is -2.21. The van der Waals surface area contributed by atoms with Crippen LogP contribution in [0.15, 0.2) is 11.0 Å². The molecule has 0 bridgehead atoms. The van der Waals surface area contributed by atoms with E-state index in [1.54, 1.807) is 0 Å². The minimum absolute atomic E-state index is 0.0188. The van der Waals surface area contributed by atoms with E-state index in [0.717, 1.165) is 6.07 Å². The van der Waals surface area contributed by atoms with Gasteiger partial charge in [0, 0.05) is 11.1 Å². The minimum Gasteiger partial charge on any atom is -0.372 e. The van der Waals surface area contributed by atoms with Gasteiger partial charge in [-0.25, -0.2) is 17.5 Å². The van der Waals surface area contributed by atoms with E-state index in [1.807, 2.05) is 4.72 Å². The lowest BCUT2D eigenvalue weighted by molar-refractivity contribution is 0.111. The molecule has 17 heavy (non-hydrogen) atoms. The van der Waals surface area contributed by atoms with Crippen molar-refractivity contribution in [2.24, 2.45) is 0 Å². The van der Waals surface area contributed by atoms with Gasteiger partial charge in [0.2, 0.25) is 10.0 Å². The second kappa shape index (κ2) is 4.17. The van der Waals surface area contributed by atoms with Crippen molar-refractivity contribution in [1.82, 2.24) is 4.72 Å². The maximum Gasteiger partial charge on any atom is 0.243 e. The summed E-state index contributed by atoms with van der Waals surface area (Å²) >= 11 is 0. The van der Waals surface area contributed by atoms with Gasteiger partial charge in [-0.05, 0) is 18.7 Å². The first-order valence-electron chi connectivity index (χ1n) is 4.82. The summed E-state index contributed by atoms with van der Waals surface area (Å²) in [4.78, 5) is 10.3. The molecule has 0 fully saturated rings. The Hall–Kier alpha value is -1.31. The fourth-order valence-corrected chi connectivity index (χ4v) is 2.60. The highest BCUT2D eigenvalue weighted by Crippen LogP contribution is 2.30. The van der Waals surface area contributed by atoms with Gasteiger partial charge in [0.1, 0.15) is 17.0 Å². The highest BCUT2D eigenvalue weighted by molar-refractivity contribution is 7.89. The smallest absolute Gasteiger partial charge is 0.243 e. The van der Waals surface area contributed by atoms with Crippen LogP contribution in [0.2, 0.25) is 0 Å². The number of carbonyl (C=O) groups is 1. The molecule has 0 saturated carbocycles. The fourth-order valence-electron chi connectivity index (χ4n) is 1.73. The topological polar surface area (TPSA) is 72.5 Å². The van der Waals surface area contributed by atoms with E-state index >= 15 is 0 Å². The largest absolute Gasteiger partial charge is 0.372 e. The van der Waals surface area contributed by atoms with Crippen molar-refractivity contribution in [3.8, 4) is 0 Å². The maximum absolute atomic E-state index is 14.0. The molecule has 1 heterocycles. The Morgan fingerprint density at radius 3 is 2.65 bits per heavy atom. The number of hydrogen-bond donors (Lipinski definition) is 1. The van der Waals surface area contributed by atoms with E-state index < -0.39 is 20.7 Å². The summed E-state index contributed by atoms with van der Waals surface area (Å²) in [5.74, 6) is -0.850. The zero-order valence-electron chi connectivity index (χ0n) is 8.99. The van der Waals surface area contributed by atoms with Gasteiger partial charge in [0.15, 0.2) is 0 Å². The molecule has 0 radical (unpaired) electrons. The third-order valence-corrected chi connectivity index (χ3v) is 4.07. The van der Waals surface area contributed by atoms with Crippen LogP contribution in [0.4, 0.5) is 4.39 Å². The predicted octanol–water partition coefficient (Wildman–Crippen LogP) is 0.577. The Kier molecular flexibility index (Phi) is 2.98. The summed E-state index contributed by atoms with van der Waals surface area (Å²) in [7, 11) is -2.74. The van der Waals surface area contributed by atoms with E-state index in [0.29, 0.717) is 11.8 Å². The number of ether oxygens (including phenoxy) is 1. The Morgan fingerprint density at radius 1 is 1.41 bits per heavy atom. The molecule has 0 unspecified atom stereocenters. The molecule has 92 valence electrons. The average molecular weight is 259 g/mol. The predicted molar refractivity (Wildman–Crippen MR) is 56.5 cm³/mol.